The van der Waals surface area contributed by atoms with E-state index in [9.17, 15) is 4.79 Å². The molecule has 0 radical (unpaired) electrons. The molecule has 0 atom stereocenters. The van der Waals surface area contributed by atoms with Crippen molar-refractivity contribution < 1.29 is 4.79 Å². The zero-order valence-corrected chi connectivity index (χ0v) is 13.8. The zero-order chi connectivity index (χ0) is 16.1. The second kappa shape index (κ2) is 7.38. The first-order valence-electron chi connectivity index (χ1n) is 7.73. The first kappa shape index (κ1) is 15.7. The Morgan fingerprint density at radius 3 is 2.74 bits per heavy atom. The summed E-state index contributed by atoms with van der Waals surface area (Å²) in [7, 11) is 0. The van der Waals surface area contributed by atoms with Crippen molar-refractivity contribution in [2.75, 3.05) is 17.6 Å². The summed E-state index contributed by atoms with van der Waals surface area (Å²) >= 11 is 1.67. The van der Waals surface area contributed by atoms with E-state index in [2.05, 4.69) is 30.1 Å². The van der Waals surface area contributed by atoms with Gasteiger partial charge in [0.05, 0.1) is 5.69 Å². The molecule has 2 aromatic carbocycles. The van der Waals surface area contributed by atoms with Crippen LogP contribution in [0.4, 0.5) is 10.5 Å². The van der Waals surface area contributed by atoms with E-state index in [0.29, 0.717) is 6.54 Å². The Labute approximate surface area is 141 Å². The molecular formula is C19H20N2OS. The highest BCUT2D eigenvalue weighted by Gasteiger charge is 2.20. The summed E-state index contributed by atoms with van der Waals surface area (Å²) in [6.45, 7) is 5.17. The van der Waals surface area contributed by atoms with E-state index in [1.807, 2.05) is 41.3 Å². The van der Waals surface area contributed by atoms with Gasteiger partial charge >= 0.3 is 6.03 Å². The normalized spacial score (nSPS) is 13.3. The minimum atomic E-state index is -0.0360. The number of anilines is 1. The molecule has 118 valence electrons. The molecular weight excluding hydrogens is 304 g/mol. The summed E-state index contributed by atoms with van der Waals surface area (Å²) in [5.41, 5.74) is 3.45. The van der Waals surface area contributed by atoms with E-state index in [1.54, 1.807) is 11.8 Å². The number of carbonyl (C=O) groups is 1. The molecule has 0 aromatic heterocycles. The van der Waals surface area contributed by atoms with Crippen LogP contribution in [-0.4, -0.2) is 23.2 Å². The lowest BCUT2D eigenvalue weighted by molar-refractivity contribution is 0.206. The highest BCUT2D eigenvalue weighted by atomic mass is 32.2. The van der Waals surface area contributed by atoms with Crippen molar-refractivity contribution in [1.82, 2.24) is 4.90 Å². The molecule has 2 amide bonds. The maximum atomic E-state index is 12.6. The van der Waals surface area contributed by atoms with Gasteiger partial charge in [0.25, 0.3) is 0 Å². The molecule has 23 heavy (non-hydrogen) atoms. The van der Waals surface area contributed by atoms with Crippen LogP contribution in [-0.2, 0) is 13.0 Å². The lowest BCUT2D eigenvalue weighted by atomic mass is 10.0. The van der Waals surface area contributed by atoms with Gasteiger partial charge in [-0.2, -0.15) is 0 Å². The predicted octanol–water partition coefficient (Wildman–Crippen LogP) is 4.55. The van der Waals surface area contributed by atoms with Crippen molar-refractivity contribution in [3.63, 3.8) is 0 Å². The van der Waals surface area contributed by atoms with Gasteiger partial charge < -0.3 is 10.2 Å². The van der Waals surface area contributed by atoms with Crippen LogP contribution in [0, 0.1) is 0 Å². The number of para-hydroxylation sites is 1. The van der Waals surface area contributed by atoms with E-state index in [-0.39, 0.29) is 6.03 Å². The van der Waals surface area contributed by atoms with Crippen LogP contribution in [0.1, 0.15) is 11.1 Å². The monoisotopic (exact) mass is 324 g/mol. The predicted molar refractivity (Wildman–Crippen MR) is 96.9 cm³/mol. The number of carbonyl (C=O) groups excluding carboxylic acids is 1. The van der Waals surface area contributed by atoms with Gasteiger partial charge in [0, 0.05) is 23.7 Å². The second-order valence-electron chi connectivity index (χ2n) is 5.47. The number of nitrogens with one attached hydrogen (secondary N) is 1. The summed E-state index contributed by atoms with van der Waals surface area (Å²) in [6, 6.07) is 16.2. The molecule has 0 unspecified atom stereocenters. The Morgan fingerprint density at radius 1 is 1.17 bits per heavy atom. The molecule has 0 saturated heterocycles. The standard InChI is InChI=1S/C19H20N2OS/c1-2-13-23-18-10-6-5-9-17(18)20-19(22)21-12-11-15-7-3-4-8-16(15)14-21/h2-10H,1,11-14H2,(H,20,22). The average molecular weight is 324 g/mol. The number of urea groups is 1. The minimum Gasteiger partial charge on any atom is -0.320 e. The summed E-state index contributed by atoms with van der Waals surface area (Å²) in [5, 5.41) is 3.05. The fourth-order valence-electron chi connectivity index (χ4n) is 2.71. The number of hydrogen-bond donors (Lipinski definition) is 1. The third-order valence-electron chi connectivity index (χ3n) is 3.90. The summed E-state index contributed by atoms with van der Waals surface area (Å²) in [6.07, 6.45) is 2.78. The Hall–Kier alpha value is -2.20. The molecule has 0 fully saturated rings. The van der Waals surface area contributed by atoms with E-state index in [1.165, 1.54) is 11.1 Å². The first-order chi connectivity index (χ1) is 11.3. The van der Waals surface area contributed by atoms with Gasteiger partial charge in [-0.05, 0) is 29.7 Å². The van der Waals surface area contributed by atoms with Crippen molar-refractivity contribution >= 4 is 23.5 Å². The van der Waals surface area contributed by atoms with E-state index in [0.717, 1.165) is 29.3 Å². The second-order valence-corrected chi connectivity index (χ2v) is 6.53. The van der Waals surface area contributed by atoms with Crippen LogP contribution >= 0.6 is 11.8 Å². The van der Waals surface area contributed by atoms with Gasteiger partial charge in [0.1, 0.15) is 0 Å². The van der Waals surface area contributed by atoms with Gasteiger partial charge in [0.15, 0.2) is 0 Å². The molecule has 1 N–H and O–H groups in total. The molecule has 0 saturated carbocycles. The molecule has 0 spiro atoms. The van der Waals surface area contributed by atoms with Crippen molar-refractivity contribution in [3.05, 3.63) is 72.3 Å². The maximum absolute atomic E-state index is 12.6. The quantitative estimate of drug-likeness (QED) is 0.661. The van der Waals surface area contributed by atoms with Crippen molar-refractivity contribution in [1.29, 1.82) is 0 Å². The number of hydrogen-bond acceptors (Lipinski definition) is 2. The largest absolute Gasteiger partial charge is 0.322 e. The molecule has 4 heteroatoms. The van der Waals surface area contributed by atoms with Crippen LogP contribution in [0.25, 0.3) is 0 Å². The first-order valence-corrected chi connectivity index (χ1v) is 8.72. The molecule has 3 nitrogen and oxygen atoms in total. The highest BCUT2D eigenvalue weighted by molar-refractivity contribution is 7.99. The molecule has 1 heterocycles. The van der Waals surface area contributed by atoms with Crippen LogP contribution in [0.15, 0.2) is 66.1 Å². The smallest absolute Gasteiger partial charge is 0.320 e. The van der Waals surface area contributed by atoms with Gasteiger partial charge in [-0.15, -0.1) is 18.3 Å². The van der Waals surface area contributed by atoms with Gasteiger partial charge in [0.2, 0.25) is 0 Å². The lowest BCUT2D eigenvalue weighted by Crippen LogP contribution is -2.38. The van der Waals surface area contributed by atoms with Crippen molar-refractivity contribution in [3.8, 4) is 0 Å². The Morgan fingerprint density at radius 2 is 1.91 bits per heavy atom. The highest BCUT2D eigenvalue weighted by Crippen LogP contribution is 2.27. The van der Waals surface area contributed by atoms with Gasteiger partial charge in [-0.1, -0.05) is 42.5 Å². The Balaban J connectivity index is 1.70. The summed E-state index contributed by atoms with van der Waals surface area (Å²) in [4.78, 5) is 15.5. The number of rotatable bonds is 4. The van der Waals surface area contributed by atoms with Crippen molar-refractivity contribution in [2.24, 2.45) is 0 Å². The van der Waals surface area contributed by atoms with E-state index < -0.39 is 0 Å². The van der Waals surface area contributed by atoms with Crippen LogP contribution in [0.3, 0.4) is 0 Å². The lowest BCUT2D eigenvalue weighted by Gasteiger charge is -2.29. The number of benzene rings is 2. The Bertz CT molecular complexity index is 714. The SMILES string of the molecule is C=CCSc1ccccc1NC(=O)N1CCc2ccccc2C1. The van der Waals surface area contributed by atoms with Crippen LogP contribution in [0.5, 0.6) is 0 Å². The van der Waals surface area contributed by atoms with Crippen molar-refractivity contribution in [2.45, 2.75) is 17.9 Å². The number of amides is 2. The third-order valence-corrected chi connectivity index (χ3v) is 4.97. The molecule has 0 bridgehead atoms. The van der Waals surface area contributed by atoms with E-state index in [4.69, 9.17) is 0 Å². The van der Waals surface area contributed by atoms with Gasteiger partial charge in [-0.3, -0.25) is 0 Å². The third kappa shape index (κ3) is 3.77. The number of thioether (sulfide) groups is 1. The van der Waals surface area contributed by atoms with Crippen LogP contribution < -0.4 is 5.32 Å². The molecule has 2 aromatic rings. The Kier molecular flexibility index (Phi) is 5.03. The minimum absolute atomic E-state index is 0.0360. The fraction of sp³-hybridized carbons (Fsp3) is 0.211. The maximum Gasteiger partial charge on any atom is 0.322 e. The molecule has 3 rings (SSSR count). The number of nitrogens with zero attached hydrogens (tertiary/aromatic N) is 1. The van der Waals surface area contributed by atoms with Gasteiger partial charge in [-0.25, -0.2) is 4.79 Å². The zero-order valence-electron chi connectivity index (χ0n) is 13.0. The molecule has 1 aliphatic heterocycles. The molecule has 1 aliphatic rings. The summed E-state index contributed by atoms with van der Waals surface area (Å²) in [5.74, 6) is 0.823. The average Bonchev–Trinajstić information content (AvgIpc) is 2.60. The summed E-state index contributed by atoms with van der Waals surface area (Å²) < 4.78 is 0. The van der Waals surface area contributed by atoms with Crippen LogP contribution in [0.2, 0.25) is 0 Å². The topological polar surface area (TPSA) is 32.3 Å². The van der Waals surface area contributed by atoms with E-state index >= 15 is 0 Å². The fourth-order valence-corrected chi connectivity index (χ4v) is 3.45. The number of fused-ring (bicyclic) bond motifs is 1. The molecule has 0 aliphatic carbocycles.